The third kappa shape index (κ3) is 2.60. The van der Waals surface area contributed by atoms with Crippen LogP contribution in [0.2, 0.25) is 0 Å². The van der Waals surface area contributed by atoms with Crippen molar-refractivity contribution in [1.82, 2.24) is 0 Å². The molecule has 0 bridgehead atoms. The maximum Gasteiger partial charge on any atom is 0.168 e. The van der Waals surface area contributed by atoms with E-state index in [0.717, 1.165) is 25.4 Å². The van der Waals surface area contributed by atoms with E-state index in [9.17, 15) is 0 Å². The average molecular weight is 226 g/mol. The molecule has 0 saturated carbocycles. The summed E-state index contributed by atoms with van der Waals surface area (Å²) in [7, 11) is 0. The summed E-state index contributed by atoms with van der Waals surface area (Å²) < 4.78 is 12.3. The molecule has 2 heteroatoms. The Hall–Kier alpha value is -0.0800. The Morgan fingerprint density at radius 1 is 1.12 bits per heavy atom. The van der Waals surface area contributed by atoms with E-state index in [-0.39, 0.29) is 5.79 Å². The van der Waals surface area contributed by atoms with E-state index in [1.54, 1.807) is 0 Å². The number of ether oxygens (including phenoxy) is 2. The molecule has 0 N–H and O–H groups in total. The van der Waals surface area contributed by atoms with Crippen LogP contribution in [0.25, 0.3) is 0 Å². The van der Waals surface area contributed by atoms with E-state index < -0.39 is 0 Å². The second-order valence-corrected chi connectivity index (χ2v) is 5.34. The number of hydrogen-bond acceptors (Lipinski definition) is 2. The zero-order valence-electron chi connectivity index (χ0n) is 10.8. The third-order valence-corrected chi connectivity index (χ3v) is 4.30. The van der Waals surface area contributed by atoms with Crippen molar-refractivity contribution in [2.45, 2.75) is 77.1 Å². The lowest BCUT2D eigenvalue weighted by molar-refractivity contribution is -0.302. The topological polar surface area (TPSA) is 18.5 Å². The average Bonchev–Trinajstić information content (AvgIpc) is 2.32. The largest absolute Gasteiger partial charge is 0.350 e. The van der Waals surface area contributed by atoms with Crippen LogP contribution in [0, 0.1) is 5.92 Å². The van der Waals surface area contributed by atoms with Gasteiger partial charge in [0, 0.05) is 12.8 Å². The van der Waals surface area contributed by atoms with Crippen molar-refractivity contribution in [2.24, 2.45) is 5.92 Å². The highest BCUT2D eigenvalue weighted by molar-refractivity contribution is 4.83. The lowest BCUT2D eigenvalue weighted by Gasteiger charge is -2.45. The molecule has 1 spiro atoms. The monoisotopic (exact) mass is 226 g/mol. The highest BCUT2D eigenvalue weighted by Gasteiger charge is 2.41. The summed E-state index contributed by atoms with van der Waals surface area (Å²) in [6.07, 6.45) is 10.1. The molecule has 0 aromatic carbocycles. The molecule has 0 amide bonds. The molecular weight excluding hydrogens is 200 g/mol. The van der Waals surface area contributed by atoms with E-state index in [1.807, 2.05) is 0 Å². The van der Waals surface area contributed by atoms with Crippen LogP contribution in [0.1, 0.15) is 65.2 Å². The summed E-state index contributed by atoms with van der Waals surface area (Å²) in [4.78, 5) is 0. The van der Waals surface area contributed by atoms with E-state index in [1.165, 1.54) is 38.5 Å². The first-order chi connectivity index (χ1) is 7.79. The molecule has 2 heterocycles. The van der Waals surface area contributed by atoms with Crippen molar-refractivity contribution in [1.29, 1.82) is 0 Å². The Labute approximate surface area is 99.7 Å². The van der Waals surface area contributed by atoms with Crippen LogP contribution < -0.4 is 0 Å². The molecule has 2 rings (SSSR count). The molecule has 2 aliphatic heterocycles. The molecule has 2 aliphatic rings. The summed E-state index contributed by atoms with van der Waals surface area (Å²) in [5.41, 5.74) is 0. The summed E-state index contributed by atoms with van der Waals surface area (Å²) in [5, 5.41) is 0. The van der Waals surface area contributed by atoms with Gasteiger partial charge in [0.2, 0.25) is 0 Å². The maximum atomic E-state index is 6.34. The Bertz CT molecular complexity index is 199. The molecule has 0 radical (unpaired) electrons. The molecule has 94 valence electrons. The molecule has 2 nitrogen and oxygen atoms in total. The van der Waals surface area contributed by atoms with Gasteiger partial charge < -0.3 is 9.47 Å². The van der Waals surface area contributed by atoms with Gasteiger partial charge in [-0.15, -0.1) is 0 Å². The van der Waals surface area contributed by atoms with Gasteiger partial charge in [-0.05, 0) is 31.6 Å². The molecule has 0 aliphatic carbocycles. The molecule has 2 fully saturated rings. The second kappa shape index (κ2) is 5.50. The van der Waals surface area contributed by atoms with Gasteiger partial charge in [-0.25, -0.2) is 0 Å². The summed E-state index contributed by atoms with van der Waals surface area (Å²) in [5.74, 6) is 0.534. The highest BCUT2D eigenvalue weighted by Crippen LogP contribution is 2.39. The normalized spacial score (nSPS) is 35.8. The SMILES string of the molecule is CCC(CC)[C@@H]1CCC[C@]2(CCCCO2)O1. The van der Waals surface area contributed by atoms with Crippen molar-refractivity contribution in [2.75, 3.05) is 6.61 Å². The minimum Gasteiger partial charge on any atom is -0.350 e. The Kier molecular flexibility index (Phi) is 4.26. The van der Waals surface area contributed by atoms with Crippen LogP contribution >= 0.6 is 0 Å². The minimum atomic E-state index is -0.191. The van der Waals surface area contributed by atoms with Gasteiger partial charge in [0.05, 0.1) is 12.7 Å². The fourth-order valence-corrected chi connectivity index (χ4v) is 3.23. The van der Waals surface area contributed by atoms with Crippen LogP contribution in [0.15, 0.2) is 0 Å². The van der Waals surface area contributed by atoms with Gasteiger partial charge in [-0.1, -0.05) is 26.7 Å². The van der Waals surface area contributed by atoms with Gasteiger partial charge >= 0.3 is 0 Å². The lowest BCUT2D eigenvalue weighted by Crippen LogP contribution is -2.47. The van der Waals surface area contributed by atoms with Gasteiger partial charge in [-0.3, -0.25) is 0 Å². The predicted molar refractivity (Wildman–Crippen MR) is 65.3 cm³/mol. The van der Waals surface area contributed by atoms with Crippen LogP contribution in [-0.2, 0) is 9.47 Å². The van der Waals surface area contributed by atoms with E-state index in [0.29, 0.717) is 6.10 Å². The molecule has 0 aromatic rings. The number of hydrogen-bond donors (Lipinski definition) is 0. The molecule has 2 saturated heterocycles. The summed E-state index contributed by atoms with van der Waals surface area (Å²) in [6, 6.07) is 0. The third-order valence-electron chi connectivity index (χ3n) is 4.30. The second-order valence-electron chi connectivity index (χ2n) is 5.34. The fourth-order valence-electron chi connectivity index (χ4n) is 3.23. The molecule has 2 atom stereocenters. The van der Waals surface area contributed by atoms with E-state index >= 15 is 0 Å². The Morgan fingerprint density at radius 2 is 1.88 bits per heavy atom. The van der Waals surface area contributed by atoms with Crippen LogP contribution in [0.4, 0.5) is 0 Å². The molecule has 16 heavy (non-hydrogen) atoms. The van der Waals surface area contributed by atoms with Gasteiger partial charge in [-0.2, -0.15) is 0 Å². The Balaban J connectivity index is 1.97. The summed E-state index contributed by atoms with van der Waals surface area (Å²) >= 11 is 0. The van der Waals surface area contributed by atoms with Crippen LogP contribution in [0.5, 0.6) is 0 Å². The zero-order chi connectivity index (χ0) is 11.4. The minimum absolute atomic E-state index is 0.191. The highest BCUT2D eigenvalue weighted by atomic mass is 16.7. The molecule has 0 aromatic heterocycles. The van der Waals surface area contributed by atoms with Crippen molar-refractivity contribution in [3.63, 3.8) is 0 Å². The van der Waals surface area contributed by atoms with Gasteiger partial charge in [0.15, 0.2) is 5.79 Å². The first kappa shape index (κ1) is 12.4. The first-order valence-corrected chi connectivity index (χ1v) is 7.11. The standard InChI is InChI=1S/C14H26O2/c1-3-12(4-2)13-8-7-10-14(16-13)9-5-6-11-15-14/h12-13H,3-11H2,1-2H3/t13-,14-/m0/s1. The lowest BCUT2D eigenvalue weighted by atomic mass is 9.87. The first-order valence-electron chi connectivity index (χ1n) is 7.11. The molecule has 0 unspecified atom stereocenters. The molecular formula is C14H26O2. The predicted octanol–water partition coefficient (Wildman–Crippen LogP) is 3.89. The zero-order valence-corrected chi connectivity index (χ0v) is 10.8. The maximum absolute atomic E-state index is 6.34. The summed E-state index contributed by atoms with van der Waals surface area (Å²) in [6.45, 7) is 5.46. The van der Waals surface area contributed by atoms with Crippen LogP contribution in [-0.4, -0.2) is 18.5 Å². The van der Waals surface area contributed by atoms with E-state index in [4.69, 9.17) is 9.47 Å². The smallest absolute Gasteiger partial charge is 0.168 e. The van der Waals surface area contributed by atoms with Crippen molar-refractivity contribution in [3.8, 4) is 0 Å². The van der Waals surface area contributed by atoms with Crippen LogP contribution in [0.3, 0.4) is 0 Å². The van der Waals surface area contributed by atoms with Crippen molar-refractivity contribution < 1.29 is 9.47 Å². The number of rotatable bonds is 3. The van der Waals surface area contributed by atoms with E-state index in [2.05, 4.69) is 13.8 Å². The van der Waals surface area contributed by atoms with Gasteiger partial charge in [0.1, 0.15) is 0 Å². The van der Waals surface area contributed by atoms with Crippen molar-refractivity contribution >= 4 is 0 Å². The van der Waals surface area contributed by atoms with Gasteiger partial charge in [0.25, 0.3) is 0 Å². The Morgan fingerprint density at radius 3 is 2.50 bits per heavy atom. The fraction of sp³-hybridized carbons (Fsp3) is 1.00. The quantitative estimate of drug-likeness (QED) is 0.727. The van der Waals surface area contributed by atoms with Crippen molar-refractivity contribution in [3.05, 3.63) is 0 Å².